The number of benzene rings is 1. The Kier molecular flexibility index (Phi) is 7.86. The van der Waals surface area contributed by atoms with Crippen molar-refractivity contribution >= 4 is 17.2 Å². The predicted octanol–water partition coefficient (Wildman–Crippen LogP) is 4.13. The van der Waals surface area contributed by atoms with Crippen molar-refractivity contribution in [1.29, 1.82) is 0 Å². The Morgan fingerprint density at radius 3 is 2.64 bits per heavy atom. The van der Waals surface area contributed by atoms with E-state index in [2.05, 4.69) is 25.2 Å². The number of hydrogen-bond acceptors (Lipinski definition) is 8. The smallest absolute Gasteiger partial charge is 0.451 e. The van der Waals surface area contributed by atoms with Gasteiger partial charge in [0.25, 0.3) is 5.91 Å². The van der Waals surface area contributed by atoms with E-state index in [0.29, 0.717) is 30.1 Å². The Morgan fingerprint density at radius 1 is 1.25 bits per heavy atom. The highest BCUT2D eigenvalue weighted by molar-refractivity contribution is 7.14. The molecule has 12 heteroatoms. The van der Waals surface area contributed by atoms with E-state index in [9.17, 15) is 18.0 Å². The number of nitrogens with one attached hydrogen (secondary N) is 1. The molecule has 0 radical (unpaired) electrons. The van der Waals surface area contributed by atoms with Crippen LogP contribution in [0.15, 0.2) is 36.8 Å². The summed E-state index contributed by atoms with van der Waals surface area (Å²) in [5, 5.41) is 3.53. The lowest BCUT2D eigenvalue weighted by Crippen LogP contribution is -2.42. The van der Waals surface area contributed by atoms with Crippen LogP contribution < -0.4 is 10.1 Å². The molecule has 1 saturated heterocycles. The van der Waals surface area contributed by atoms with Gasteiger partial charge in [0.05, 0.1) is 12.6 Å². The number of morpholine rings is 1. The topological polar surface area (TPSA) is 89.5 Å². The van der Waals surface area contributed by atoms with Crippen molar-refractivity contribution in [3.63, 3.8) is 0 Å². The molecule has 3 aromatic rings. The number of aryl methyl sites for hydroxylation is 1. The molecule has 1 aromatic carbocycles. The summed E-state index contributed by atoms with van der Waals surface area (Å²) in [5.41, 5.74) is 1.40. The lowest BCUT2D eigenvalue weighted by molar-refractivity contribution is -0.145. The number of hydrogen-bond donors (Lipinski definition) is 1. The fraction of sp³-hybridized carbons (Fsp3) is 0.417. The average Bonchev–Trinajstić information content (AvgIpc) is 3.28. The number of nitrogens with zero attached hydrogens (tertiary/aromatic N) is 4. The fourth-order valence-electron chi connectivity index (χ4n) is 3.65. The van der Waals surface area contributed by atoms with E-state index in [1.807, 2.05) is 20.0 Å². The van der Waals surface area contributed by atoms with Gasteiger partial charge in [0.15, 0.2) is 0 Å². The van der Waals surface area contributed by atoms with Gasteiger partial charge in [0.1, 0.15) is 23.5 Å². The maximum atomic E-state index is 13.1. The van der Waals surface area contributed by atoms with E-state index in [1.54, 1.807) is 25.3 Å². The summed E-state index contributed by atoms with van der Waals surface area (Å²) in [6.07, 6.45) is -0.845. The van der Waals surface area contributed by atoms with Gasteiger partial charge in [-0.3, -0.25) is 4.79 Å². The molecule has 1 aliphatic rings. The molecule has 192 valence electrons. The first-order valence-corrected chi connectivity index (χ1v) is 12.1. The highest BCUT2D eigenvalue weighted by atomic mass is 32.1. The quantitative estimate of drug-likeness (QED) is 0.500. The zero-order chi connectivity index (χ0) is 25.9. The first-order valence-electron chi connectivity index (χ1n) is 11.3. The van der Waals surface area contributed by atoms with Gasteiger partial charge in [-0.25, -0.2) is 15.0 Å². The maximum Gasteiger partial charge on any atom is 0.451 e. The predicted molar refractivity (Wildman–Crippen MR) is 128 cm³/mol. The van der Waals surface area contributed by atoms with Gasteiger partial charge in [-0.05, 0) is 39.1 Å². The third-order valence-electron chi connectivity index (χ3n) is 5.59. The van der Waals surface area contributed by atoms with Gasteiger partial charge < -0.3 is 19.7 Å². The summed E-state index contributed by atoms with van der Waals surface area (Å²) < 4.78 is 50.0. The van der Waals surface area contributed by atoms with Crippen LogP contribution >= 0.6 is 11.3 Å². The van der Waals surface area contributed by atoms with Crippen LogP contribution in [0, 0.1) is 6.92 Å². The zero-order valence-electron chi connectivity index (χ0n) is 20.0. The second-order valence-electron chi connectivity index (χ2n) is 8.62. The number of ether oxygens (including phenoxy) is 2. The molecule has 0 saturated carbocycles. The summed E-state index contributed by atoms with van der Waals surface area (Å²) in [6, 6.07) is 4.54. The summed E-state index contributed by atoms with van der Waals surface area (Å²) in [7, 11) is 2.02. The third kappa shape index (κ3) is 6.56. The van der Waals surface area contributed by atoms with E-state index in [-0.39, 0.29) is 6.10 Å². The maximum absolute atomic E-state index is 13.1. The number of likely N-dealkylation sites (N-methyl/N-ethyl adjacent to an activating group) is 1. The molecule has 0 aliphatic carbocycles. The Labute approximate surface area is 210 Å². The first-order chi connectivity index (χ1) is 17.1. The molecule has 0 bridgehead atoms. The number of amides is 1. The van der Waals surface area contributed by atoms with Crippen molar-refractivity contribution in [3.8, 4) is 16.3 Å². The Balaban J connectivity index is 1.52. The van der Waals surface area contributed by atoms with Crippen LogP contribution in [0.5, 0.6) is 5.75 Å². The van der Waals surface area contributed by atoms with E-state index in [1.165, 1.54) is 11.3 Å². The van der Waals surface area contributed by atoms with Crippen LogP contribution in [0.2, 0.25) is 0 Å². The fourth-order valence-corrected chi connectivity index (χ4v) is 4.40. The molecule has 1 unspecified atom stereocenters. The number of thiazole rings is 1. The van der Waals surface area contributed by atoms with E-state index in [0.717, 1.165) is 40.9 Å². The van der Waals surface area contributed by atoms with Gasteiger partial charge in [-0.1, -0.05) is 0 Å². The molecule has 36 heavy (non-hydrogen) atoms. The molecule has 1 fully saturated rings. The summed E-state index contributed by atoms with van der Waals surface area (Å²) in [5.74, 6) is -1.16. The normalized spacial score (nSPS) is 17.6. The summed E-state index contributed by atoms with van der Waals surface area (Å²) in [4.78, 5) is 27.4. The number of carbonyl (C=O) groups is 1. The molecule has 4 rings (SSSR count). The highest BCUT2D eigenvalue weighted by Gasteiger charge is 2.34. The van der Waals surface area contributed by atoms with Gasteiger partial charge >= 0.3 is 6.18 Å². The number of carbonyl (C=O) groups excluding carboxylic acids is 1. The van der Waals surface area contributed by atoms with Gasteiger partial charge in [-0.2, -0.15) is 13.2 Å². The Hall–Kier alpha value is -3.09. The van der Waals surface area contributed by atoms with Crippen molar-refractivity contribution in [3.05, 3.63) is 58.6 Å². The molecule has 1 N–H and O–H groups in total. The van der Waals surface area contributed by atoms with Crippen molar-refractivity contribution in [2.45, 2.75) is 32.2 Å². The lowest BCUT2D eigenvalue weighted by atomic mass is 10.1. The Bertz CT molecular complexity index is 1200. The molecule has 8 nitrogen and oxygen atoms in total. The van der Waals surface area contributed by atoms with E-state index >= 15 is 0 Å². The average molecular weight is 522 g/mol. The van der Waals surface area contributed by atoms with Gasteiger partial charge in [0.2, 0.25) is 5.82 Å². The van der Waals surface area contributed by atoms with E-state index in [4.69, 9.17) is 9.47 Å². The Morgan fingerprint density at radius 2 is 2.00 bits per heavy atom. The van der Waals surface area contributed by atoms with Crippen molar-refractivity contribution in [2.75, 3.05) is 33.4 Å². The van der Waals surface area contributed by atoms with Crippen LogP contribution in [0.25, 0.3) is 10.6 Å². The van der Waals surface area contributed by atoms with Crippen LogP contribution in [-0.2, 0) is 10.9 Å². The van der Waals surface area contributed by atoms with Crippen LogP contribution in [-0.4, -0.2) is 65.2 Å². The molecule has 3 heterocycles. The van der Waals surface area contributed by atoms with Crippen LogP contribution in [0.1, 0.15) is 39.6 Å². The van der Waals surface area contributed by atoms with Crippen molar-refractivity contribution in [1.82, 2.24) is 25.2 Å². The van der Waals surface area contributed by atoms with Crippen LogP contribution in [0.3, 0.4) is 0 Å². The minimum absolute atomic E-state index is 0.0912. The minimum atomic E-state index is -4.63. The zero-order valence-corrected chi connectivity index (χ0v) is 20.8. The first kappa shape index (κ1) is 26.0. The number of halogens is 3. The lowest BCUT2D eigenvalue weighted by Gasteiger charge is -2.29. The molecular weight excluding hydrogens is 495 g/mol. The molecular formula is C24H26F3N5O3S. The second-order valence-corrected chi connectivity index (χ2v) is 9.86. The van der Waals surface area contributed by atoms with Gasteiger partial charge in [0, 0.05) is 53.2 Å². The SMILES string of the molecule is Cc1cnc(-c2cc(OC[C@@H]3CN(C)CCO3)cc(C(=O)NC(C)c3cnc(C(F)(F)F)nc3)c2)s1. The van der Waals surface area contributed by atoms with Crippen molar-refractivity contribution < 1.29 is 27.4 Å². The third-order valence-corrected chi connectivity index (χ3v) is 6.55. The minimum Gasteiger partial charge on any atom is -0.491 e. The number of rotatable bonds is 7. The number of alkyl halides is 3. The summed E-state index contributed by atoms with van der Waals surface area (Å²) in [6.45, 7) is 6.15. The summed E-state index contributed by atoms with van der Waals surface area (Å²) >= 11 is 1.49. The van der Waals surface area contributed by atoms with Crippen molar-refractivity contribution in [2.24, 2.45) is 0 Å². The molecule has 2 atom stereocenters. The van der Waals surface area contributed by atoms with Gasteiger partial charge in [-0.15, -0.1) is 11.3 Å². The molecule has 1 aliphatic heterocycles. The standard InChI is InChI=1S/C24H26F3N5O3S/c1-14-9-28-22(36-14)17-6-16(7-19(8-17)35-13-20-12-32(3)4-5-34-20)21(33)31-15(2)18-10-29-23(30-11-18)24(25,26)27/h6-11,15,20H,4-5,12-13H2,1-3H3,(H,31,33)/t15?,20-/m0/s1. The largest absolute Gasteiger partial charge is 0.491 e. The highest BCUT2D eigenvalue weighted by Crippen LogP contribution is 2.30. The molecule has 1 amide bonds. The number of aromatic nitrogens is 3. The van der Waals surface area contributed by atoms with Crippen LogP contribution in [0.4, 0.5) is 13.2 Å². The molecule has 2 aromatic heterocycles. The monoisotopic (exact) mass is 521 g/mol. The van der Waals surface area contributed by atoms with E-state index < -0.39 is 23.9 Å². The molecule has 0 spiro atoms. The second kappa shape index (κ2) is 10.9.